The fourth-order valence-corrected chi connectivity index (χ4v) is 3.18. The first-order valence-corrected chi connectivity index (χ1v) is 8.88. The molecule has 1 N–H and O–H groups in total. The summed E-state index contributed by atoms with van der Waals surface area (Å²) in [4.78, 5) is 16.4. The summed E-state index contributed by atoms with van der Waals surface area (Å²) in [6, 6.07) is 12.3. The van der Waals surface area contributed by atoms with E-state index in [0.717, 1.165) is 39.0 Å². The molecule has 1 fully saturated rings. The molecule has 0 radical (unpaired) electrons. The molecule has 1 aliphatic rings. The first-order chi connectivity index (χ1) is 12.1. The van der Waals surface area contributed by atoms with Crippen LogP contribution in [0.5, 0.6) is 0 Å². The summed E-state index contributed by atoms with van der Waals surface area (Å²) in [5.41, 5.74) is 1.34. The van der Waals surface area contributed by atoms with Gasteiger partial charge in [-0.3, -0.25) is 10.00 Å². The van der Waals surface area contributed by atoms with E-state index in [1.807, 2.05) is 42.0 Å². The molecule has 0 unspecified atom stereocenters. The fraction of sp³-hybridized carbons (Fsp3) is 0.474. The highest BCUT2D eigenvalue weighted by Gasteiger charge is 2.26. The molecular weight excluding hydrogens is 314 g/mol. The molecule has 3 rings (SSSR count). The molecule has 2 aromatic rings. The second kappa shape index (κ2) is 8.16. The number of carbonyl (C=O) groups excluding carboxylic acids is 1. The summed E-state index contributed by atoms with van der Waals surface area (Å²) in [6.07, 6.45) is 3.99. The van der Waals surface area contributed by atoms with Crippen LogP contribution in [0.4, 0.5) is 10.6 Å². The monoisotopic (exact) mass is 341 g/mol. The Bertz CT molecular complexity index is 682. The Balaban J connectivity index is 1.47. The number of amides is 2. The Morgan fingerprint density at radius 3 is 2.84 bits per heavy atom. The quantitative estimate of drug-likeness (QED) is 0.878. The van der Waals surface area contributed by atoms with E-state index >= 15 is 0 Å². The average molecular weight is 341 g/mol. The van der Waals surface area contributed by atoms with Crippen LogP contribution < -0.4 is 5.32 Å². The number of hydrogen-bond donors (Lipinski definition) is 1. The zero-order valence-electron chi connectivity index (χ0n) is 15.1. The van der Waals surface area contributed by atoms with Crippen LogP contribution in [0.3, 0.4) is 0 Å². The molecule has 1 aromatic carbocycles. The second-order valence-corrected chi connectivity index (χ2v) is 6.99. The minimum atomic E-state index is -0.0478. The van der Waals surface area contributed by atoms with Gasteiger partial charge in [0.1, 0.15) is 0 Å². The standard InChI is InChI=1S/C19H27N5O/c1-22(2)12-13-24-11-9-18(21-24)20-19(25)23-10-8-17(15-23)14-16-6-4-3-5-7-16/h3-7,9,11,17H,8,10,12-15H2,1-2H3,(H,20,21,25)/t17-/m1/s1. The van der Waals surface area contributed by atoms with Crippen molar-refractivity contribution in [2.24, 2.45) is 5.92 Å². The van der Waals surface area contributed by atoms with Gasteiger partial charge in [-0.25, -0.2) is 4.79 Å². The predicted molar refractivity (Wildman–Crippen MR) is 99.6 cm³/mol. The third kappa shape index (κ3) is 5.06. The number of aromatic nitrogens is 2. The number of urea groups is 1. The minimum Gasteiger partial charge on any atom is -0.324 e. The molecule has 1 aromatic heterocycles. The van der Waals surface area contributed by atoms with Gasteiger partial charge in [0, 0.05) is 31.9 Å². The van der Waals surface area contributed by atoms with Crippen molar-refractivity contribution >= 4 is 11.8 Å². The van der Waals surface area contributed by atoms with Crippen LogP contribution in [0.1, 0.15) is 12.0 Å². The van der Waals surface area contributed by atoms with Gasteiger partial charge >= 0.3 is 6.03 Å². The van der Waals surface area contributed by atoms with Crippen molar-refractivity contribution in [3.8, 4) is 0 Å². The maximum atomic E-state index is 12.4. The maximum absolute atomic E-state index is 12.4. The Hall–Kier alpha value is -2.34. The molecule has 6 heteroatoms. The number of rotatable bonds is 6. The number of benzene rings is 1. The van der Waals surface area contributed by atoms with E-state index in [1.165, 1.54) is 5.56 Å². The van der Waals surface area contributed by atoms with Gasteiger partial charge in [0.25, 0.3) is 0 Å². The number of nitrogens with zero attached hydrogens (tertiary/aromatic N) is 4. The highest BCUT2D eigenvalue weighted by atomic mass is 16.2. The van der Waals surface area contributed by atoms with Crippen LogP contribution in [0, 0.1) is 5.92 Å². The van der Waals surface area contributed by atoms with Crippen molar-refractivity contribution in [1.82, 2.24) is 19.6 Å². The summed E-state index contributed by atoms with van der Waals surface area (Å²) in [5.74, 6) is 1.15. The first-order valence-electron chi connectivity index (χ1n) is 8.88. The summed E-state index contributed by atoms with van der Waals surface area (Å²) >= 11 is 0. The Kier molecular flexibility index (Phi) is 5.71. The molecule has 134 valence electrons. The van der Waals surface area contributed by atoms with Gasteiger partial charge in [0.05, 0.1) is 6.54 Å². The van der Waals surface area contributed by atoms with Crippen LogP contribution in [0.15, 0.2) is 42.6 Å². The largest absolute Gasteiger partial charge is 0.324 e. The minimum absolute atomic E-state index is 0.0478. The molecule has 0 aliphatic carbocycles. The molecule has 25 heavy (non-hydrogen) atoms. The third-order valence-corrected chi connectivity index (χ3v) is 4.59. The zero-order valence-corrected chi connectivity index (χ0v) is 15.1. The number of nitrogens with one attached hydrogen (secondary N) is 1. The van der Waals surface area contributed by atoms with E-state index in [1.54, 1.807) is 0 Å². The van der Waals surface area contributed by atoms with Crippen LogP contribution >= 0.6 is 0 Å². The highest BCUT2D eigenvalue weighted by Crippen LogP contribution is 2.21. The van der Waals surface area contributed by atoms with E-state index in [-0.39, 0.29) is 6.03 Å². The van der Waals surface area contributed by atoms with Crippen molar-refractivity contribution in [2.75, 3.05) is 39.0 Å². The molecule has 1 aliphatic heterocycles. The lowest BCUT2D eigenvalue weighted by Crippen LogP contribution is -2.33. The lowest BCUT2D eigenvalue weighted by Gasteiger charge is -2.16. The van der Waals surface area contributed by atoms with Crippen molar-refractivity contribution in [3.63, 3.8) is 0 Å². The van der Waals surface area contributed by atoms with E-state index in [9.17, 15) is 4.79 Å². The van der Waals surface area contributed by atoms with Gasteiger partial charge in [-0.05, 0) is 38.4 Å². The summed E-state index contributed by atoms with van der Waals surface area (Å²) in [6.45, 7) is 3.35. The molecule has 0 spiro atoms. The van der Waals surface area contributed by atoms with Gasteiger partial charge < -0.3 is 9.80 Å². The van der Waals surface area contributed by atoms with E-state index < -0.39 is 0 Å². The topological polar surface area (TPSA) is 53.4 Å². The summed E-state index contributed by atoms with van der Waals surface area (Å²) in [5, 5.41) is 7.33. The number of hydrogen-bond acceptors (Lipinski definition) is 3. The summed E-state index contributed by atoms with van der Waals surface area (Å²) in [7, 11) is 4.07. The van der Waals surface area contributed by atoms with Crippen LogP contribution in [0.2, 0.25) is 0 Å². The normalized spacial score (nSPS) is 17.2. The molecule has 6 nitrogen and oxygen atoms in total. The van der Waals surface area contributed by atoms with Crippen LogP contribution in [-0.4, -0.2) is 59.3 Å². The number of likely N-dealkylation sites (N-methyl/N-ethyl adjacent to an activating group) is 1. The molecule has 1 saturated heterocycles. The highest BCUT2D eigenvalue weighted by molar-refractivity contribution is 5.88. The van der Waals surface area contributed by atoms with E-state index in [0.29, 0.717) is 11.7 Å². The first kappa shape index (κ1) is 17.5. The lowest BCUT2D eigenvalue weighted by molar-refractivity contribution is 0.220. The third-order valence-electron chi connectivity index (χ3n) is 4.59. The Morgan fingerprint density at radius 1 is 1.28 bits per heavy atom. The van der Waals surface area contributed by atoms with Gasteiger partial charge in [0.15, 0.2) is 5.82 Å². The van der Waals surface area contributed by atoms with E-state index in [2.05, 4.69) is 39.6 Å². The van der Waals surface area contributed by atoms with Crippen molar-refractivity contribution in [3.05, 3.63) is 48.2 Å². The SMILES string of the molecule is CN(C)CCn1ccc(NC(=O)N2CC[C@H](Cc3ccccc3)C2)n1. The van der Waals surface area contributed by atoms with Gasteiger partial charge in [-0.1, -0.05) is 30.3 Å². The predicted octanol–water partition coefficient (Wildman–Crippen LogP) is 2.54. The summed E-state index contributed by atoms with van der Waals surface area (Å²) < 4.78 is 1.86. The fourth-order valence-electron chi connectivity index (χ4n) is 3.18. The molecular formula is C19H27N5O. The van der Waals surface area contributed by atoms with E-state index in [4.69, 9.17) is 0 Å². The zero-order chi connectivity index (χ0) is 17.6. The molecule has 0 saturated carbocycles. The van der Waals surface area contributed by atoms with Gasteiger partial charge in [0.2, 0.25) is 0 Å². The molecule has 2 heterocycles. The lowest BCUT2D eigenvalue weighted by atomic mass is 9.99. The maximum Gasteiger partial charge on any atom is 0.323 e. The smallest absolute Gasteiger partial charge is 0.323 e. The molecule has 2 amide bonds. The van der Waals surface area contributed by atoms with Gasteiger partial charge in [-0.15, -0.1) is 0 Å². The van der Waals surface area contributed by atoms with Crippen molar-refractivity contribution < 1.29 is 4.79 Å². The Labute approximate surface area is 149 Å². The molecule has 1 atom stereocenters. The second-order valence-electron chi connectivity index (χ2n) is 6.99. The molecule has 0 bridgehead atoms. The Morgan fingerprint density at radius 2 is 2.08 bits per heavy atom. The van der Waals surface area contributed by atoms with Crippen molar-refractivity contribution in [2.45, 2.75) is 19.4 Å². The van der Waals surface area contributed by atoms with Gasteiger partial charge in [-0.2, -0.15) is 5.10 Å². The number of carbonyl (C=O) groups is 1. The van der Waals surface area contributed by atoms with Crippen LogP contribution in [-0.2, 0) is 13.0 Å². The van der Waals surface area contributed by atoms with Crippen LogP contribution in [0.25, 0.3) is 0 Å². The number of anilines is 1. The van der Waals surface area contributed by atoms with Crippen molar-refractivity contribution in [1.29, 1.82) is 0 Å². The number of likely N-dealkylation sites (tertiary alicyclic amines) is 1. The average Bonchev–Trinajstić information content (AvgIpc) is 3.23.